The maximum Gasteiger partial charge on any atom is 0.205 e. The van der Waals surface area contributed by atoms with E-state index in [4.69, 9.17) is 4.74 Å². The highest BCUT2D eigenvalue weighted by atomic mass is 19.1. The zero-order chi connectivity index (χ0) is 17.4. The number of hydrogen-bond donors (Lipinski definition) is 1. The van der Waals surface area contributed by atoms with Gasteiger partial charge < -0.3 is 9.84 Å². The molecule has 1 aliphatic carbocycles. The van der Waals surface area contributed by atoms with Crippen LogP contribution >= 0.6 is 0 Å². The lowest BCUT2D eigenvalue weighted by Crippen LogP contribution is -2.58. The minimum absolute atomic E-state index is 0.0729. The molecule has 0 bridgehead atoms. The van der Waals surface area contributed by atoms with Crippen LogP contribution in [0.1, 0.15) is 31.2 Å². The van der Waals surface area contributed by atoms with Crippen molar-refractivity contribution in [1.82, 2.24) is 4.90 Å². The molecule has 3 atom stereocenters. The molecule has 1 saturated heterocycles. The van der Waals surface area contributed by atoms with Crippen LogP contribution in [0.2, 0.25) is 0 Å². The van der Waals surface area contributed by atoms with Gasteiger partial charge in [0.25, 0.3) is 0 Å². The van der Waals surface area contributed by atoms with Crippen LogP contribution in [-0.4, -0.2) is 35.7 Å². The van der Waals surface area contributed by atoms with E-state index in [9.17, 15) is 9.50 Å². The summed E-state index contributed by atoms with van der Waals surface area (Å²) in [6.45, 7) is 0.452. The number of hydrogen-bond acceptors (Lipinski definition) is 3. The van der Waals surface area contributed by atoms with Crippen molar-refractivity contribution in [2.75, 3.05) is 13.6 Å². The first-order valence-corrected chi connectivity index (χ1v) is 9.03. The minimum atomic E-state index is -1.30. The molecule has 0 radical (unpaired) electrons. The molecule has 4 heteroatoms. The lowest BCUT2D eigenvalue weighted by molar-refractivity contribution is -0.293. The Morgan fingerprint density at radius 3 is 2.56 bits per heavy atom. The summed E-state index contributed by atoms with van der Waals surface area (Å²) >= 11 is 0. The highest BCUT2D eigenvalue weighted by Gasteiger charge is 2.45. The van der Waals surface area contributed by atoms with Crippen LogP contribution in [0.25, 0.3) is 11.1 Å². The van der Waals surface area contributed by atoms with Gasteiger partial charge in [-0.3, -0.25) is 4.90 Å². The Bertz CT molecular complexity index is 748. The lowest BCUT2D eigenvalue weighted by atomic mass is 9.88. The smallest absolute Gasteiger partial charge is 0.205 e. The Hall–Kier alpha value is -1.75. The normalized spacial score (nSPS) is 30.0. The molecule has 0 aromatic heterocycles. The third-order valence-corrected chi connectivity index (χ3v) is 5.56. The summed E-state index contributed by atoms with van der Waals surface area (Å²) in [7, 11) is 2.06. The molecule has 25 heavy (non-hydrogen) atoms. The number of benzene rings is 2. The number of rotatable bonds is 2. The van der Waals surface area contributed by atoms with Crippen molar-refractivity contribution in [3.05, 3.63) is 59.9 Å². The Balaban J connectivity index is 1.60. The molecule has 3 unspecified atom stereocenters. The quantitative estimate of drug-likeness (QED) is 0.899. The molecular weight excluding hydrogens is 317 g/mol. The summed E-state index contributed by atoms with van der Waals surface area (Å²) in [5.41, 5.74) is 2.09. The van der Waals surface area contributed by atoms with Gasteiger partial charge in [-0.2, -0.15) is 0 Å². The van der Waals surface area contributed by atoms with Crippen LogP contribution in [0.3, 0.4) is 0 Å². The first-order valence-electron chi connectivity index (χ1n) is 9.03. The fraction of sp³-hybridized carbons (Fsp3) is 0.429. The van der Waals surface area contributed by atoms with E-state index < -0.39 is 5.79 Å². The molecule has 3 nitrogen and oxygen atoms in total. The van der Waals surface area contributed by atoms with E-state index in [2.05, 4.69) is 11.9 Å². The second kappa shape index (κ2) is 6.52. The molecule has 1 heterocycles. The van der Waals surface area contributed by atoms with Crippen LogP contribution in [0.15, 0.2) is 48.5 Å². The fourth-order valence-corrected chi connectivity index (χ4v) is 4.23. The van der Waals surface area contributed by atoms with Crippen LogP contribution in [-0.2, 0) is 10.5 Å². The highest BCUT2D eigenvalue weighted by molar-refractivity contribution is 5.64. The molecule has 1 N–H and O–H groups in total. The van der Waals surface area contributed by atoms with E-state index in [1.165, 1.54) is 12.5 Å². The van der Waals surface area contributed by atoms with Gasteiger partial charge in [0.2, 0.25) is 5.79 Å². The van der Waals surface area contributed by atoms with Gasteiger partial charge >= 0.3 is 0 Å². The SMILES string of the molecule is CN1CC(O)(c2ccc(-c3ccccc3F)cc2)OC2CCCCC21. The topological polar surface area (TPSA) is 32.7 Å². The summed E-state index contributed by atoms with van der Waals surface area (Å²) in [5, 5.41) is 11.1. The van der Waals surface area contributed by atoms with Crippen LogP contribution < -0.4 is 0 Å². The average molecular weight is 341 g/mol. The molecular formula is C21H24FNO2. The van der Waals surface area contributed by atoms with E-state index in [1.807, 2.05) is 30.3 Å². The van der Waals surface area contributed by atoms with Crippen molar-refractivity contribution in [2.45, 2.75) is 43.6 Å². The first-order chi connectivity index (χ1) is 12.1. The number of morpholine rings is 1. The van der Waals surface area contributed by atoms with E-state index in [0.29, 0.717) is 18.2 Å². The number of nitrogens with zero attached hydrogens (tertiary/aromatic N) is 1. The third kappa shape index (κ3) is 3.10. The fourth-order valence-electron chi connectivity index (χ4n) is 4.23. The van der Waals surface area contributed by atoms with Crippen molar-refractivity contribution in [2.24, 2.45) is 0 Å². The van der Waals surface area contributed by atoms with Crippen LogP contribution in [0, 0.1) is 5.82 Å². The van der Waals surface area contributed by atoms with Gasteiger partial charge in [0.15, 0.2) is 0 Å². The number of ether oxygens (including phenoxy) is 1. The number of likely N-dealkylation sites (N-methyl/N-ethyl adjacent to an activating group) is 1. The molecule has 2 aromatic rings. The molecule has 2 fully saturated rings. The van der Waals surface area contributed by atoms with E-state index in [0.717, 1.165) is 30.4 Å². The molecule has 132 valence electrons. The standard InChI is InChI=1S/C21H24FNO2/c1-23-14-21(24,25-20-9-5-4-8-19(20)23)16-12-10-15(11-13-16)17-6-2-3-7-18(17)22/h2-3,6-7,10-13,19-20,24H,4-5,8-9,14H2,1H3. The summed E-state index contributed by atoms with van der Waals surface area (Å²) < 4.78 is 20.1. The molecule has 0 spiro atoms. The first kappa shape index (κ1) is 16.7. The largest absolute Gasteiger partial charge is 0.361 e. The van der Waals surface area contributed by atoms with Gasteiger partial charge in [-0.05, 0) is 31.5 Å². The van der Waals surface area contributed by atoms with Gasteiger partial charge in [0.1, 0.15) is 5.82 Å². The number of β-amino-alcohol motifs (C(OH)–C–C–N with tert-alkyl or cyclic N) is 1. The Kier molecular flexibility index (Phi) is 4.36. The van der Waals surface area contributed by atoms with Crippen molar-refractivity contribution in [3.63, 3.8) is 0 Å². The van der Waals surface area contributed by atoms with E-state index >= 15 is 0 Å². The summed E-state index contributed by atoms with van der Waals surface area (Å²) in [6.07, 6.45) is 4.57. The Labute approximate surface area is 148 Å². The van der Waals surface area contributed by atoms with Crippen molar-refractivity contribution >= 4 is 0 Å². The van der Waals surface area contributed by atoms with Crippen molar-refractivity contribution in [3.8, 4) is 11.1 Å². The zero-order valence-electron chi connectivity index (χ0n) is 14.5. The predicted octanol–water partition coefficient (Wildman–Crippen LogP) is 3.91. The number of fused-ring (bicyclic) bond motifs is 1. The Morgan fingerprint density at radius 1 is 1.08 bits per heavy atom. The lowest BCUT2D eigenvalue weighted by Gasteiger charge is -2.49. The van der Waals surface area contributed by atoms with Gasteiger partial charge in [0, 0.05) is 17.2 Å². The molecule has 2 aromatic carbocycles. The monoisotopic (exact) mass is 341 g/mol. The minimum Gasteiger partial charge on any atom is -0.361 e. The Morgan fingerprint density at radius 2 is 1.80 bits per heavy atom. The molecule has 4 rings (SSSR count). The maximum absolute atomic E-state index is 14.0. The second-order valence-electron chi connectivity index (χ2n) is 7.26. The molecule has 1 saturated carbocycles. The number of aliphatic hydroxyl groups is 1. The van der Waals surface area contributed by atoms with Crippen LogP contribution in [0.5, 0.6) is 0 Å². The van der Waals surface area contributed by atoms with Gasteiger partial charge in [-0.15, -0.1) is 0 Å². The van der Waals surface area contributed by atoms with Crippen molar-refractivity contribution < 1.29 is 14.2 Å². The molecule has 0 amide bonds. The maximum atomic E-state index is 14.0. The van der Waals surface area contributed by atoms with Gasteiger partial charge in [-0.25, -0.2) is 4.39 Å². The predicted molar refractivity (Wildman–Crippen MR) is 95.5 cm³/mol. The number of halogens is 1. The van der Waals surface area contributed by atoms with Gasteiger partial charge in [-0.1, -0.05) is 55.3 Å². The van der Waals surface area contributed by atoms with Crippen molar-refractivity contribution in [1.29, 1.82) is 0 Å². The zero-order valence-corrected chi connectivity index (χ0v) is 14.5. The second-order valence-corrected chi connectivity index (χ2v) is 7.26. The molecule has 1 aliphatic heterocycles. The van der Waals surface area contributed by atoms with E-state index in [-0.39, 0.29) is 11.9 Å². The summed E-state index contributed by atoms with van der Waals surface area (Å²) in [6, 6.07) is 14.5. The third-order valence-electron chi connectivity index (χ3n) is 5.56. The molecule has 2 aliphatic rings. The highest BCUT2D eigenvalue weighted by Crippen LogP contribution is 2.38. The summed E-state index contributed by atoms with van der Waals surface area (Å²) in [5.74, 6) is -1.55. The summed E-state index contributed by atoms with van der Waals surface area (Å²) in [4.78, 5) is 2.22. The average Bonchev–Trinajstić information content (AvgIpc) is 2.62. The van der Waals surface area contributed by atoms with E-state index in [1.54, 1.807) is 12.1 Å². The van der Waals surface area contributed by atoms with Crippen LogP contribution in [0.4, 0.5) is 4.39 Å². The van der Waals surface area contributed by atoms with Gasteiger partial charge in [0.05, 0.1) is 12.6 Å².